The third-order valence-corrected chi connectivity index (χ3v) is 6.27. The minimum absolute atomic E-state index is 0.0350. The minimum atomic E-state index is -0.470. The van der Waals surface area contributed by atoms with E-state index in [1.807, 2.05) is 43.3 Å². The third kappa shape index (κ3) is 6.54. The van der Waals surface area contributed by atoms with Crippen LogP contribution < -0.4 is 14.8 Å². The Bertz CT molecular complexity index is 1260. The monoisotopic (exact) mass is 558 g/mol. The van der Waals surface area contributed by atoms with E-state index in [4.69, 9.17) is 32.7 Å². The van der Waals surface area contributed by atoms with Gasteiger partial charge >= 0.3 is 0 Å². The SMILES string of the molecule is COc1cc(/C=C(/C#N)C(=O)N[C@H](C)c2ccccc2)c(Br)cc1OCc1ccc(Cl)cc1Cl. The summed E-state index contributed by atoms with van der Waals surface area (Å²) in [5.74, 6) is 0.440. The van der Waals surface area contributed by atoms with Crippen LogP contribution in [0.15, 0.2) is 70.7 Å². The number of nitriles is 1. The Morgan fingerprint density at radius 2 is 1.88 bits per heavy atom. The molecule has 1 N–H and O–H groups in total. The average molecular weight is 560 g/mol. The Morgan fingerprint density at radius 3 is 2.53 bits per heavy atom. The largest absolute Gasteiger partial charge is 0.493 e. The molecule has 0 aliphatic carbocycles. The van der Waals surface area contributed by atoms with Crippen LogP contribution in [0, 0.1) is 11.3 Å². The van der Waals surface area contributed by atoms with Gasteiger partial charge in [-0.15, -0.1) is 0 Å². The predicted octanol–water partition coefficient (Wildman–Crippen LogP) is 7.13. The summed E-state index contributed by atoms with van der Waals surface area (Å²) in [7, 11) is 1.51. The number of nitrogens with zero attached hydrogens (tertiary/aromatic N) is 1. The summed E-state index contributed by atoms with van der Waals surface area (Å²) in [6.07, 6.45) is 1.50. The second-order valence-electron chi connectivity index (χ2n) is 7.32. The molecule has 3 aromatic carbocycles. The Morgan fingerprint density at radius 1 is 1.15 bits per heavy atom. The van der Waals surface area contributed by atoms with Gasteiger partial charge in [0.05, 0.1) is 13.2 Å². The fraction of sp³-hybridized carbons (Fsp3) is 0.154. The third-order valence-electron chi connectivity index (χ3n) is 4.99. The molecule has 0 fully saturated rings. The number of rotatable bonds is 8. The van der Waals surface area contributed by atoms with Crippen LogP contribution in [0.1, 0.15) is 29.7 Å². The maximum Gasteiger partial charge on any atom is 0.262 e. The number of methoxy groups -OCH3 is 1. The number of hydrogen-bond donors (Lipinski definition) is 1. The van der Waals surface area contributed by atoms with Crippen LogP contribution in [-0.2, 0) is 11.4 Å². The lowest BCUT2D eigenvalue weighted by molar-refractivity contribution is -0.117. The van der Waals surface area contributed by atoms with E-state index in [1.165, 1.54) is 13.2 Å². The highest BCUT2D eigenvalue weighted by Gasteiger charge is 2.16. The van der Waals surface area contributed by atoms with Gasteiger partial charge in [-0.3, -0.25) is 4.79 Å². The van der Waals surface area contributed by atoms with Crippen molar-refractivity contribution in [1.29, 1.82) is 5.26 Å². The first kappa shape index (κ1) is 25.6. The molecule has 0 aromatic heterocycles. The summed E-state index contributed by atoms with van der Waals surface area (Å²) in [5.41, 5.74) is 2.27. The number of hydrogen-bond acceptors (Lipinski definition) is 4. The molecule has 0 radical (unpaired) electrons. The molecule has 0 aliphatic rings. The van der Waals surface area contributed by atoms with Gasteiger partial charge in [0.25, 0.3) is 5.91 Å². The Labute approximate surface area is 217 Å². The van der Waals surface area contributed by atoms with E-state index in [9.17, 15) is 10.1 Å². The maximum atomic E-state index is 12.7. The lowest BCUT2D eigenvalue weighted by Gasteiger charge is -2.15. The zero-order valence-corrected chi connectivity index (χ0v) is 21.5. The van der Waals surface area contributed by atoms with Gasteiger partial charge < -0.3 is 14.8 Å². The van der Waals surface area contributed by atoms with E-state index in [0.717, 1.165) is 11.1 Å². The lowest BCUT2D eigenvalue weighted by atomic mass is 10.1. The smallest absolute Gasteiger partial charge is 0.262 e. The van der Waals surface area contributed by atoms with E-state index in [0.29, 0.717) is 31.6 Å². The van der Waals surface area contributed by atoms with E-state index in [1.54, 1.807) is 30.3 Å². The number of amides is 1. The van der Waals surface area contributed by atoms with E-state index < -0.39 is 5.91 Å². The number of carbonyl (C=O) groups is 1. The fourth-order valence-corrected chi connectivity index (χ4v) is 4.03. The van der Waals surface area contributed by atoms with Crippen molar-refractivity contribution in [2.75, 3.05) is 7.11 Å². The molecule has 34 heavy (non-hydrogen) atoms. The number of benzene rings is 3. The van der Waals surface area contributed by atoms with Gasteiger partial charge in [-0.1, -0.05) is 75.5 Å². The zero-order valence-electron chi connectivity index (χ0n) is 18.4. The molecule has 0 bridgehead atoms. The first-order valence-corrected chi connectivity index (χ1v) is 11.8. The quantitative estimate of drug-likeness (QED) is 0.235. The van der Waals surface area contributed by atoms with Gasteiger partial charge in [0.2, 0.25) is 0 Å². The molecule has 0 spiro atoms. The van der Waals surface area contributed by atoms with Gasteiger partial charge in [0, 0.05) is 20.1 Å². The number of ether oxygens (including phenoxy) is 2. The van der Waals surface area contributed by atoms with Crippen LogP contribution in [0.5, 0.6) is 11.5 Å². The lowest BCUT2D eigenvalue weighted by Crippen LogP contribution is -2.27. The van der Waals surface area contributed by atoms with Crippen molar-refractivity contribution in [1.82, 2.24) is 5.32 Å². The summed E-state index contributed by atoms with van der Waals surface area (Å²) >= 11 is 15.7. The van der Waals surface area contributed by atoms with Crippen LogP contribution in [0.3, 0.4) is 0 Å². The number of carbonyl (C=O) groups excluding carboxylic acids is 1. The van der Waals surface area contributed by atoms with E-state index in [2.05, 4.69) is 21.2 Å². The maximum absolute atomic E-state index is 12.7. The standard InChI is InChI=1S/C26H21BrCl2N2O3/c1-16(17-6-4-3-5-7-17)31-26(32)20(14-30)10-19-11-24(33-2)25(13-22(19)27)34-15-18-8-9-21(28)12-23(18)29/h3-13,16H,15H2,1-2H3,(H,31,32)/b20-10-/t16-/m1/s1. The van der Waals surface area contributed by atoms with Crippen LogP contribution in [-0.4, -0.2) is 13.0 Å². The molecule has 174 valence electrons. The van der Waals surface area contributed by atoms with Gasteiger partial charge in [0.1, 0.15) is 18.2 Å². The number of nitrogens with one attached hydrogen (secondary N) is 1. The summed E-state index contributed by atoms with van der Waals surface area (Å²) in [5, 5.41) is 13.5. The van der Waals surface area contributed by atoms with Gasteiger partial charge in [-0.05, 0) is 48.4 Å². The average Bonchev–Trinajstić information content (AvgIpc) is 2.83. The normalized spacial score (nSPS) is 11.9. The molecule has 1 atom stereocenters. The molecule has 0 saturated carbocycles. The fourth-order valence-electron chi connectivity index (χ4n) is 3.13. The summed E-state index contributed by atoms with van der Waals surface area (Å²) < 4.78 is 12.0. The molecule has 0 saturated heterocycles. The van der Waals surface area contributed by atoms with E-state index >= 15 is 0 Å². The summed E-state index contributed by atoms with van der Waals surface area (Å²) in [4.78, 5) is 12.7. The molecular formula is C26H21BrCl2N2O3. The van der Waals surface area contributed by atoms with Gasteiger partial charge in [-0.2, -0.15) is 5.26 Å². The van der Waals surface area contributed by atoms with Crippen LogP contribution in [0.2, 0.25) is 10.0 Å². The molecule has 5 nitrogen and oxygen atoms in total. The topological polar surface area (TPSA) is 71.3 Å². The molecule has 0 aliphatic heterocycles. The van der Waals surface area contributed by atoms with Crippen molar-refractivity contribution >= 4 is 51.1 Å². The van der Waals surface area contributed by atoms with Crippen molar-refractivity contribution < 1.29 is 14.3 Å². The molecule has 0 heterocycles. The van der Waals surface area contributed by atoms with Gasteiger partial charge in [-0.25, -0.2) is 0 Å². The Kier molecular flexibility index (Phi) is 9.00. The van der Waals surface area contributed by atoms with Crippen molar-refractivity contribution in [3.63, 3.8) is 0 Å². The van der Waals surface area contributed by atoms with E-state index in [-0.39, 0.29) is 18.2 Å². The molecule has 0 unspecified atom stereocenters. The summed E-state index contributed by atoms with van der Waals surface area (Å²) in [6.45, 7) is 2.07. The Balaban J connectivity index is 1.80. The number of halogens is 3. The predicted molar refractivity (Wildman–Crippen MR) is 138 cm³/mol. The van der Waals surface area contributed by atoms with Gasteiger partial charge in [0.15, 0.2) is 11.5 Å². The van der Waals surface area contributed by atoms with Crippen molar-refractivity contribution in [2.24, 2.45) is 0 Å². The summed E-state index contributed by atoms with van der Waals surface area (Å²) in [6, 6.07) is 19.8. The molecule has 3 aromatic rings. The van der Waals surface area contributed by atoms with Crippen molar-refractivity contribution in [2.45, 2.75) is 19.6 Å². The first-order chi connectivity index (χ1) is 16.3. The highest BCUT2D eigenvalue weighted by molar-refractivity contribution is 9.10. The highest BCUT2D eigenvalue weighted by atomic mass is 79.9. The molecule has 8 heteroatoms. The van der Waals surface area contributed by atoms with Crippen molar-refractivity contribution in [3.05, 3.63) is 97.4 Å². The zero-order chi connectivity index (χ0) is 24.7. The van der Waals surface area contributed by atoms with Crippen LogP contribution in [0.25, 0.3) is 6.08 Å². The van der Waals surface area contributed by atoms with Crippen LogP contribution >= 0.6 is 39.1 Å². The molecule has 1 amide bonds. The second kappa shape index (κ2) is 11.9. The Hall–Kier alpha value is -2.98. The van der Waals surface area contributed by atoms with Crippen molar-refractivity contribution in [3.8, 4) is 17.6 Å². The molecular weight excluding hydrogens is 539 g/mol. The first-order valence-electron chi connectivity index (χ1n) is 10.2. The molecule has 3 rings (SSSR count). The second-order valence-corrected chi connectivity index (χ2v) is 9.02. The highest BCUT2D eigenvalue weighted by Crippen LogP contribution is 2.35. The van der Waals surface area contributed by atoms with Crippen LogP contribution in [0.4, 0.5) is 0 Å². The minimum Gasteiger partial charge on any atom is -0.493 e.